The lowest BCUT2D eigenvalue weighted by Crippen LogP contribution is -2.16. The van der Waals surface area contributed by atoms with Gasteiger partial charge >= 0.3 is 0 Å². The van der Waals surface area contributed by atoms with Crippen molar-refractivity contribution in [1.29, 1.82) is 0 Å². The van der Waals surface area contributed by atoms with Crippen molar-refractivity contribution in [2.45, 2.75) is 39.3 Å². The zero-order chi connectivity index (χ0) is 14.7. The fourth-order valence-corrected chi connectivity index (χ4v) is 2.72. The summed E-state index contributed by atoms with van der Waals surface area (Å²) < 4.78 is 1.04. The van der Waals surface area contributed by atoms with Crippen LogP contribution in [-0.4, -0.2) is 16.1 Å². The van der Waals surface area contributed by atoms with E-state index in [-0.39, 0.29) is 0 Å². The molecule has 0 fully saturated rings. The number of benzene rings is 1. The maximum Gasteiger partial charge on any atom is 0.129 e. The van der Waals surface area contributed by atoms with E-state index in [1.165, 1.54) is 0 Å². The average Bonchev–Trinajstić information content (AvgIpc) is 2.22. The molecular formula is C16H21BrSi2. The molecule has 0 atom stereocenters. The van der Waals surface area contributed by atoms with Crippen molar-refractivity contribution in [1.82, 2.24) is 0 Å². The summed E-state index contributed by atoms with van der Waals surface area (Å²) in [6.45, 7) is 13.5. The molecular weight excluding hydrogens is 328 g/mol. The van der Waals surface area contributed by atoms with E-state index in [0.717, 1.165) is 15.6 Å². The van der Waals surface area contributed by atoms with Crippen molar-refractivity contribution in [3.05, 3.63) is 33.8 Å². The summed E-state index contributed by atoms with van der Waals surface area (Å²) in [7, 11) is -2.63. The van der Waals surface area contributed by atoms with Crippen LogP contribution in [0.25, 0.3) is 0 Å². The Morgan fingerprint density at radius 2 is 1.37 bits per heavy atom. The summed E-state index contributed by atoms with van der Waals surface area (Å²) in [5.41, 5.74) is 8.88. The molecule has 0 aliphatic heterocycles. The Morgan fingerprint density at radius 3 is 1.84 bits per heavy atom. The molecule has 0 radical (unpaired) electrons. The number of rotatable bonds is 0. The van der Waals surface area contributed by atoms with E-state index < -0.39 is 16.1 Å². The topological polar surface area (TPSA) is 0 Å². The van der Waals surface area contributed by atoms with E-state index >= 15 is 0 Å². The second-order valence-corrected chi connectivity index (χ2v) is 17.0. The highest BCUT2D eigenvalue weighted by Gasteiger charge is 2.09. The first-order valence-electron chi connectivity index (χ1n) is 6.43. The first-order chi connectivity index (χ1) is 8.57. The van der Waals surface area contributed by atoms with Gasteiger partial charge in [0.2, 0.25) is 0 Å². The number of halogens is 1. The Labute approximate surface area is 128 Å². The van der Waals surface area contributed by atoms with Gasteiger partial charge in [0.25, 0.3) is 0 Å². The third kappa shape index (κ3) is 6.82. The normalized spacial score (nSPS) is 11.1. The molecule has 1 rings (SSSR count). The lowest BCUT2D eigenvalue weighted by molar-refractivity contribution is 1.55. The lowest BCUT2D eigenvalue weighted by atomic mass is 10.1. The minimum absolute atomic E-state index is 1.04. The maximum atomic E-state index is 3.59. The molecule has 100 valence electrons. The van der Waals surface area contributed by atoms with E-state index in [9.17, 15) is 0 Å². The van der Waals surface area contributed by atoms with Gasteiger partial charge in [-0.1, -0.05) is 51.1 Å². The van der Waals surface area contributed by atoms with Gasteiger partial charge < -0.3 is 0 Å². The van der Waals surface area contributed by atoms with Crippen LogP contribution in [0.3, 0.4) is 0 Å². The smallest absolute Gasteiger partial charge is 0.127 e. The molecule has 0 heterocycles. The molecule has 1 aromatic rings. The molecule has 3 heteroatoms. The van der Waals surface area contributed by atoms with Gasteiger partial charge in [0, 0.05) is 15.6 Å². The Balaban J connectivity index is 3.04. The van der Waals surface area contributed by atoms with Crippen LogP contribution in [0.4, 0.5) is 0 Å². The van der Waals surface area contributed by atoms with Gasteiger partial charge in [0.1, 0.15) is 16.1 Å². The van der Waals surface area contributed by atoms with E-state index in [4.69, 9.17) is 0 Å². The van der Waals surface area contributed by atoms with Crippen LogP contribution in [0, 0.1) is 22.9 Å². The van der Waals surface area contributed by atoms with E-state index in [2.05, 4.69) is 96.3 Å². The Hall–Kier alpha value is -0.746. The van der Waals surface area contributed by atoms with Crippen molar-refractivity contribution in [2.24, 2.45) is 0 Å². The summed E-state index contributed by atoms with van der Waals surface area (Å²) in [6.07, 6.45) is 0. The molecule has 0 saturated carbocycles. The second kappa shape index (κ2) is 6.14. The van der Waals surface area contributed by atoms with Crippen LogP contribution >= 0.6 is 15.9 Å². The highest BCUT2D eigenvalue weighted by Crippen LogP contribution is 2.18. The first kappa shape index (κ1) is 16.3. The molecule has 19 heavy (non-hydrogen) atoms. The molecule has 1 aromatic carbocycles. The van der Waals surface area contributed by atoms with Crippen LogP contribution in [0.2, 0.25) is 39.3 Å². The van der Waals surface area contributed by atoms with Crippen molar-refractivity contribution < 1.29 is 0 Å². The maximum absolute atomic E-state index is 3.59. The van der Waals surface area contributed by atoms with Crippen molar-refractivity contribution in [3.63, 3.8) is 0 Å². The molecule has 0 N–H and O–H groups in total. The minimum atomic E-state index is -1.32. The molecule has 0 saturated heterocycles. The second-order valence-electron chi connectivity index (χ2n) is 6.69. The predicted molar refractivity (Wildman–Crippen MR) is 94.6 cm³/mol. The summed E-state index contributed by atoms with van der Waals surface area (Å²) in [5.74, 6) is 6.54. The van der Waals surface area contributed by atoms with Gasteiger partial charge in [0.05, 0.1) is 0 Å². The van der Waals surface area contributed by atoms with E-state index in [0.29, 0.717) is 0 Å². The van der Waals surface area contributed by atoms with Gasteiger partial charge in [-0.15, -0.1) is 11.1 Å². The van der Waals surface area contributed by atoms with Crippen LogP contribution in [-0.2, 0) is 0 Å². The molecule has 0 unspecified atom stereocenters. The molecule has 0 amide bonds. The average molecular weight is 349 g/mol. The van der Waals surface area contributed by atoms with Crippen molar-refractivity contribution >= 4 is 32.1 Å². The summed E-state index contributed by atoms with van der Waals surface area (Å²) >= 11 is 3.59. The highest BCUT2D eigenvalue weighted by atomic mass is 79.9. The molecule has 0 aromatic heterocycles. The molecule has 0 spiro atoms. The van der Waals surface area contributed by atoms with Gasteiger partial charge in [-0.05, 0) is 34.1 Å². The minimum Gasteiger partial charge on any atom is -0.127 e. The predicted octanol–water partition coefficient (Wildman–Crippen LogP) is 4.91. The van der Waals surface area contributed by atoms with Crippen molar-refractivity contribution in [3.8, 4) is 22.9 Å². The van der Waals surface area contributed by atoms with Crippen LogP contribution in [0.15, 0.2) is 22.7 Å². The monoisotopic (exact) mass is 348 g/mol. The Morgan fingerprint density at radius 1 is 0.842 bits per heavy atom. The van der Waals surface area contributed by atoms with Crippen LogP contribution < -0.4 is 0 Å². The SMILES string of the molecule is C[Si](C)(C)C#Cc1ccc(C#C[Si](C)(C)C)c(Br)c1. The summed E-state index contributed by atoms with van der Waals surface area (Å²) in [4.78, 5) is 0. The summed E-state index contributed by atoms with van der Waals surface area (Å²) in [5, 5.41) is 0. The van der Waals surface area contributed by atoms with Gasteiger partial charge in [-0.2, -0.15) is 0 Å². The lowest BCUT2D eigenvalue weighted by Gasteiger charge is -2.05. The molecule has 0 bridgehead atoms. The fraction of sp³-hybridized carbons (Fsp3) is 0.375. The zero-order valence-electron chi connectivity index (χ0n) is 12.6. The summed E-state index contributed by atoms with van der Waals surface area (Å²) in [6, 6.07) is 6.19. The van der Waals surface area contributed by atoms with Gasteiger partial charge in [-0.3, -0.25) is 0 Å². The standard InChI is InChI=1S/C16H21BrSi2/c1-18(2,3)11-9-14-7-8-15(16(17)13-14)10-12-19(4,5)6/h7-8,13H,1-6H3. The molecule has 0 nitrogen and oxygen atoms in total. The number of hydrogen-bond donors (Lipinski definition) is 0. The molecule has 0 aliphatic carbocycles. The van der Waals surface area contributed by atoms with Gasteiger partial charge in [0.15, 0.2) is 0 Å². The highest BCUT2D eigenvalue weighted by molar-refractivity contribution is 9.10. The fourth-order valence-electron chi connectivity index (χ4n) is 1.21. The Kier molecular flexibility index (Phi) is 5.27. The van der Waals surface area contributed by atoms with Crippen molar-refractivity contribution in [2.75, 3.05) is 0 Å². The number of hydrogen-bond acceptors (Lipinski definition) is 0. The quantitative estimate of drug-likeness (QED) is 0.461. The van der Waals surface area contributed by atoms with Gasteiger partial charge in [-0.25, -0.2) is 0 Å². The van der Waals surface area contributed by atoms with E-state index in [1.54, 1.807) is 0 Å². The van der Waals surface area contributed by atoms with Crippen LogP contribution in [0.5, 0.6) is 0 Å². The third-order valence-corrected chi connectivity index (χ3v) is 4.53. The van der Waals surface area contributed by atoms with Crippen LogP contribution in [0.1, 0.15) is 11.1 Å². The zero-order valence-corrected chi connectivity index (χ0v) is 16.2. The molecule has 0 aliphatic rings. The largest absolute Gasteiger partial charge is 0.129 e. The van der Waals surface area contributed by atoms with E-state index in [1.807, 2.05) is 0 Å². The Bertz CT molecular complexity index is 582. The first-order valence-corrected chi connectivity index (χ1v) is 14.2. The third-order valence-electron chi connectivity index (χ3n) is 2.12.